The second kappa shape index (κ2) is 6.25. The number of nitrogens with zero attached hydrogens (tertiary/aromatic N) is 5. The minimum absolute atomic E-state index is 0.0137. The minimum Gasteiger partial charge on any atom is -0.339 e. The normalized spacial score (nSPS) is 10.6. The lowest BCUT2D eigenvalue weighted by Crippen LogP contribution is -2.05. The Labute approximate surface area is 142 Å². The Morgan fingerprint density at radius 3 is 2.38 bits per heavy atom. The van der Waals surface area contributed by atoms with Crippen molar-refractivity contribution < 1.29 is 4.92 Å². The van der Waals surface area contributed by atoms with Crippen molar-refractivity contribution in [3.63, 3.8) is 0 Å². The molecule has 0 fully saturated rings. The van der Waals surface area contributed by atoms with E-state index in [9.17, 15) is 10.1 Å². The van der Waals surface area contributed by atoms with Crippen molar-refractivity contribution in [2.45, 2.75) is 13.8 Å². The van der Waals surface area contributed by atoms with Crippen LogP contribution in [0.25, 0.3) is 5.82 Å². The average molecular weight is 345 g/mol. The maximum Gasteiger partial charge on any atom is 0.313 e. The summed E-state index contributed by atoms with van der Waals surface area (Å²) in [5.41, 5.74) is 1.55. The number of benzene rings is 1. The number of anilines is 2. The zero-order chi connectivity index (χ0) is 17.3. The lowest BCUT2D eigenvalue weighted by molar-refractivity contribution is -0.386. The van der Waals surface area contributed by atoms with E-state index in [4.69, 9.17) is 11.6 Å². The highest BCUT2D eigenvalue weighted by atomic mass is 35.5. The molecule has 0 radical (unpaired) electrons. The zero-order valence-electron chi connectivity index (χ0n) is 12.9. The molecule has 0 bridgehead atoms. The SMILES string of the molecule is Cc1nn(-c2ccc(Nc3ccc(Cl)cc3)nn2)c(C)c1[N+](=O)[O-]. The molecular weight excluding hydrogens is 332 g/mol. The summed E-state index contributed by atoms with van der Waals surface area (Å²) in [6.45, 7) is 3.21. The highest BCUT2D eigenvalue weighted by molar-refractivity contribution is 6.30. The molecule has 2 heterocycles. The fraction of sp³-hybridized carbons (Fsp3) is 0.133. The Morgan fingerprint density at radius 2 is 1.83 bits per heavy atom. The number of nitrogens with one attached hydrogen (secondary N) is 1. The van der Waals surface area contributed by atoms with E-state index in [0.717, 1.165) is 5.69 Å². The fourth-order valence-corrected chi connectivity index (χ4v) is 2.43. The van der Waals surface area contributed by atoms with E-state index in [2.05, 4.69) is 20.6 Å². The number of rotatable bonds is 4. The zero-order valence-corrected chi connectivity index (χ0v) is 13.7. The summed E-state index contributed by atoms with van der Waals surface area (Å²) in [6.07, 6.45) is 0. The molecule has 122 valence electrons. The average Bonchev–Trinajstić information content (AvgIpc) is 2.85. The molecule has 1 N–H and O–H groups in total. The van der Waals surface area contributed by atoms with Gasteiger partial charge in [-0.2, -0.15) is 5.10 Å². The largest absolute Gasteiger partial charge is 0.339 e. The van der Waals surface area contributed by atoms with Crippen LogP contribution in [0.15, 0.2) is 36.4 Å². The minimum atomic E-state index is -0.446. The first-order chi connectivity index (χ1) is 11.5. The van der Waals surface area contributed by atoms with Gasteiger partial charge in [0.25, 0.3) is 0 Å². The summed E-state index contributed by atoms with van der Waals surface area (Å²) < 4.78 is 1.41. The van der Waals surface area contributed by atoms with Gasteiger partial charge < -0.3 is 5.32 Å². The second-order valence-corrected chi connectivity index (χ2v) is 5.53. The van der Waals surface area contributed by atoms with Crippen molar-refractivity contribution >= 4 is 28.8 Å². The van der Waals surface area contributed by atoms with Gasteiger partial charge in [-0.1, -0.05) is 11.6 Å². The van der Waals surface area contributed by atoms with Crippen LogP contribution in [-0.2, 0) is 0 Å². The molecule has 0 saturated heterocycles. The van der Waals surface area contributed by atoms with Gasteiger partial charge in [0.2, 0.25) is 0 Å². The monoisotopic (exact) mass is 344 g/mol. The van der Waals surface area contributed by atoms with Crippen LogP contribution in [0.2, 0.25) is 5.02 Å². The molecule has 0 unspecified atom stereocenters. The van der Waals surface area contributed by atoms with E-state index in [1.807, 2.05) is 12.1 Å². The van der Waals surface area contributed by atoms with Gasteiger partial charge in [-0.25, -0.2) is 4.68 Å². The van der Waals surface area contributed by atoms with Gasteiger partial charge in [-0.3, -0.25) is 10.1 Å². The standard InChI is InChI=1S/C15H13ClN6O2/c1-9-15(22(23)24)10(2)21(20-9)14-8-7-13(18-19-14)17-12-5-3-11(16)4-6-12/h3-8H,1-2H3,(H,17,18). The smallest absolute Gasteiger partial charge is 0.313 e. The Bertz CT molecular complexity index is 890. The Kier molecular flexibility index (Phi) is 4.13. The van der Waals surface area contributed by atoms with Crippen LogP contribution in [-0.4, -0.2) is 24.9 Å². The van der Waals surface area contributed by atoms with Gasteiger partial charge >= 0.3 is 5.69 Å². The third-order valence-electron chi connectivity index (χ3n) is 3.42. The van der Waals surface area contributed by atoms with Gasteiger partial charge in [0.05, 0.1) is 4.92 Å². The first-order valence-electron chi connectivity index (χ1n) is 7.03. The van der Waals surface area contributed by atoms with E-state index < -0.39 is 4.92 Å². The molecule has 0 spiro atoms. The lowest BCUT2D eigenvalue weighted by Gasteiger charge is -2.06. The number of aromatic nitrogens is 4. The van der Waals surface area contributed by atoms with Crippen molar-refractivity contribution in [2.24, 2.45) is 0 Å². The molecule has 0 aliphatic heterocycles. The molecule has 0 aliphatic carbocycles. The van der Waals surface area contributed by atoms with Crippen LogP contribution < -0.4 is 5.32 Å². The fourth-order valence-electron chi connectivity index (χ4n) is 2.31. The maximum absolute atomic E-state index is 11.1. The molecule has 2 aromatic heterocycles. The third kappa shape index (κ3) is 3.04. The van der Waals surface area contributed by atoms with E-state index >= 15 is 0 Å². The molecule has 0 amide bonds. The first-order valence-corrected chi connectivity index (χ1v) is 7.41. The van der Waals surface area contributed by atoms with E-state index in [0.29, 0.717) is 28.0 Å². The third-order valence-corrected chi connectivity index (χ3v) is 3.67. The molecule has 0 saturated carbocycles. The predicted molar refractivity (Wildman–Crippen MR) is 90.0 cm³/mol. The number of halogens is 1. The van der Waals surface area contributed by atoms with Crippen LogP contribution >= 0.6 is 11.6 Å². The molecule has 0 atom stereocenters. The van der Waals surface area contributed by atoms with E-state index in [1.165, 1.54) is 4.68 Å². The van der Waals surface area contributed by atoms with Crippen molar-refractivity contribution in [3.8, 4) is 5.82 Å². The molecule has 24 heavy (non-hydrogen) atoms. The van der Waals surface area contributed by atoms with Gasteiger partial charge in [0, 0.05) is 10.7 Å². The van der Waals surface area contributed by atoms with Crippen molar-refractivity contribution in [1.82, 2.24) is 20.0 Å². The van der Waals surface area contributed by atoms with Gasteiger partial charge in [0.1, 0.15) is 11.4 Å². The van der Waals surface area contributed by atoms with Crippen molar-refractivity contribution in [3.05, 3.63) is 62.9 Å². The van der Waals surface area contributed by atoms with Gasteiger partial charge in [-0.05, 0) is 50.2 Å². The van der Waals surface area contributed by atoms with E-state index in [-0.39, 0.29) is 5.69 Å². The molecule has 9 heteroatoms. The summed E-state index contributed by atoms with van der Waals surface area (Å²) in [4.78, 5) is 10.6. The molecule has 3 aromatic rings. The summed E-state index contributed by atoms with van der Waals surface area (Å²) in [7, 11) is 0. The van der Waals surface area contributed by atoms with Crippen LogP contribution in [0.3, 0.4) is 0 Å². The van der Waals surface area contributed by atoms with Gasteiger partial charge in [0.15, 0.2) is 11.6 Å². The molecular formula is C15H13ClN6O2. The quantitative estimate of drug-likeness (QED) is 0.573. The van der Waals surface area contributed by atoms with Crippen LogP contribution in [0.5, 0.6) is 0 Å². The Hall–Kier alpha value is -3.00. The number of nitro groups is 1. The predicted octanol–water partition coefficient (Wildman–Crippen LogP) is 3.58. The Morgan fingerprint density at radius 1 is 1.12 bits per heavy atom. The molecule has 3 rings (SSSR count). The molecule has 0 aliphatic rings. The summed E-state index contributed by atoms with van der Waals surface area (Å²) >= 11 is 5.84. The summed E-state index contributed by atoms with van der Waals surface area (Å²) in [5.74, 6) is 0.947. The molecule has 8 nitrogen and oxygen atoms in total. The number of hydrogen-bond donors (Lipinski definition) is 1. The van der Waals surface area contributed by atoms with Crippen LogP contribution in [0.1, 0.15) is 11.4 Å². The topological polar surface area (TPSA) is 98.8 Å². The van der Waals surface area contributed by atoms with Crippen LogP contribution in [0, 0.1) is 24.0 Å². The van der Waals surface area contributed by atoms with Gasteiger partial charge in [-0.15, -0.1) is 10.2 Å². The highest BCUT2D eigenvalue weighted by Gasteiger charge is 2.23. The van der Waals surface area contributed by atoms with E-state index in [1.54, 1.807) is 38.1 Å². The van der Waals surface area contributed by atoms with Crippen molar-refractivity contribution in [1.29, 1.82) is 0 Å². The highest BCUT2D eigenvalue weighted by Crippen LogP contribution is 2.24. The first kappa shape index (κ1) is 15.9. The summed E-state index contributed by atoms with van der Waals surface area (Å²) in [6, 6.07) is 10.6. The maximum atomic E-state index is 11.1. The number of aryl methyl sites for hydroxylation is 1. The number of hydrogen-bond acceptors (Lipinski definition) is 6. The second-order valence-electron chi connectivity index (χ2n) is 5.10. The lowest BCUT2D eigenvalue weighted by atomic mass is 10.3. The van der Waals surface area contributed by atoms with Crippen molar-refractivity contribution in [2.75, 3.05) is 5.32 Å². The molecule has 1 aromatic carbocycles. The van der Waals surface area contributed by atoms with Crippen LogP contribution in [0.4, 0.5) is 17.2 Å². The Balaban J connectivity index is 1.86. The summed E-state index contributed by atoms with van der Waals surface area (Å²) in [5, 5.41) is 27.1.